The molecule has 8 heteroatoms. The number of nitrogens with zero attached hydrogens (tertiary/aromatic N) is 3. The predicted molar refractivity (Wildman–Crippen MR) is 123 cm³/mol. The third kappa shape index (κ3) is 5.12. The van der Waals surface area contributed by atoms with Crippen molar-refractivity contribution in [1.29, 1.82) is 0 Å². The van der Waals surface area contributed by atoms with Crippen LogP contribution < -0.4 is 15.0 Å². The highest BCUT2D eigenvalue weighted by Gasteiger charge is 2.35. The van der Waals surface area contributed by atoms with Gasteiger partial charge >= 0.3 is 0 Å². The minimum atomic E-state index is -0.208. The Morgan fingerprint density at radius 2 is 1.97 bits per heavy atom. The number of likely N-dealkylation sites (tertiary alicyclic amines) is 1. The monoisotopic (exact) mass is 455 g/mol. The van der Waals surface area contributed by atoms with Gasteiger partial charge in [-0.15, -0.1) is 0 Å². The molecule has 3 aromatic rings. The molecule has 0 radical (unpaired) electrons. The SMILES string of the molecule is CC(C)[N+]1([O-])CC[C@@H](Oc2ccc(-n3ccc(OCc4ccc(Cl)cn4)cc3=O)cc2)C1. The van der Waals surface area contributed by atoms with Crippen molar-refractivity contribution in [2.24, 2.45) is 0 Å². The molecule has 0 amide bonds. The van der Waals surface area contributed by atoms with Gasteiger partial charge in [0.15, 0.2) is 6.10 Å². The van der Waals surface area contributed by atoms with Crippen LogP contribution >= 0.6 is 11.6 Å². The number of aromatic nitrogens is 2. The molecule has 2 atom stereocenters. The Morgan fingerprint density at radius 3 is 2.59 bits per heavy atom. The number of hydrogen-bond donors (Lipinski definition) is 0. The van der Waals surface area contributed by atoms with E-state index in [0.29, 0.717) is 29.6 Å². The zero-order valence-electron chi connectivity index (χ0n) is 18.1. The Kier molecular flexibility index (Phi) is 6.50. The van der Waals surface area contributed by atoms with Crippen LogP contribution in [0.1, 0.15) is 26.0 Å². The molecule has 7 nitrogen and oxygen atoms in total. The summed E-state index contributed by atoms with van der Waals surface area (Å²) >= 11 is 5.83. The lowest BCUT2D eigenvalue weighted by Crippen LogP contribution is -2.46. The second kappa shape index (κ2) is 9.32. The summed E-state index contributed by atoms with van der Waals surface area (Å²) in [7, 11) is 0. The maximum Gasteiger partial charge on any atom is 0.258 e. The van der Waals surface area contributed by atoms with Crippen molar-refractivity contribution in [1.82, 2.24) is 9.55 Å². The molecule has 1 saturated heterocycles. The minimum Gasteiger partial charge on any atom is -0.633 e. The Hall–Kier alpha value is -2.87. The van der Waals surface area contributed by atoms with Crippen LogP contribution in [0.2, 0.25) is 5.02 Å². The quantitative estimate of drug-likeness (QED) is 0.391. The first-order valence-electron chi connectivity index (χ1n) is 10.6. The second-order valence-corrected chi connectivity index (χ2v) is 8.74. The van der Waals surface area contributed by atoms with E-state index in [1.165, 1.54) is 10.6 Å². The number of ether oxygens (including phenoxy) is 2. The van der Waals surface area contributed by atoms with E-state index in [0.717, 1.165) is 17.8 Å². The fourth-order valence-corrected chi connectivity index (χ4v) is 3.86. The summed E-state index contributed by atoms with van der Waals surface area (Å²) in [5.74, 6) is 1.16. The van der Waals surface area contributed by atoms with Crippen LogP contribution in [0.15, 0.2) is 65.7 Å². The predicted octanol–water partition coefficient (Wildman–Crippen LogP) is 4.34. The number of hydroxylamine groups is 3. The molecular weight excluding hydrogens is 430 g/mol. The average Bonchev–Trinajstić information content (AvgIpc) is 3.16. The fraction of sp³-hybridized carbons (Fsp3) is 0.333. The Bertz CT molecular complexity index is 1120. The molecule has 0 bridgehead atoms. The summed E-state index contributed by atoms with van der Waals surface area (Å²) in [6, 6.07) is 14.0. The van der Waals surface area contributed by atoms with Gasteiger partial charge < -0.3 is 19.3 Å². The molecule has 3 heterocycles. The fourth-order valence-electron chi connectivity index (χ4n) is 3.75. The number of hydrogen-bond acceptors (Lipinski definition) is 5. The van der Waals surface area contributed by atoms with Gasteiger partial charge in [-0.3, -0.25) is 14.3 Å². The first-order valence-corrected chi connectivity index (χ1v) is 11.0. The molecule has 0 N–H and O–H groups in total. The van der Waals surface area contributed by atoms with Gasteiger partial charge in [-0.2, -0.15) is 0 Å². The van der Waals surface area contributed by atoms with E-state index < -0.39 is 0 Å². The molecule has 1 aromatic carbocycles. The van der Waals surface area contributed by atoms with Crippen molar-refractivity contribution in [2.75, 3.05) is 13.1 Å². The largest absolute Gasteiger partial charge is 0.633 e. The molecule has 1 aliphatic rings. The van der Waals surface area contributed by atoms with Crippen molar-refractivity contribution in [2.45, 2.75) is 39.0 Å². The van der Waals surface area contributed by atoms with Gasteiger partial charge in [0.25, 0.3) is 5.56 Å². The smallest absolute Gasteiger partial charge is 0.258 e. The normalized spacial score (nSPS) is 20.5. The summed E-state index contributed by atoms with van der Waals surface area (Å²) in [6.45, 7) is 5.19. The maximum atomic E-state index is 12.6. The zero-order chi connectivity index (χ0) is 22.7. The molecule has 0 saturated carbocycles. The third-order valence-electron chi connectivity index (χ3n) is 5.77. The van der Waals surface area contributed by atoms with Gasteiger partial charge in [-0.1, -0.05) is 11.6 Å². The van der Waals surface area contributed by atoms with Crippen LogP contribution in [0, 0.1) is 5.21 Å². The highest BCUT2D eigenvalue weighted by Crippen LogP contribution is 2.26. The summed E-state index contributed by atoms with van der Waals surface area (Å²) in [6.07, 6.45) is 3.88. The van der Waals surface area contributed by atoms with Gasteiger partial charge in [0.1, 0.15) is 24.7 Å². The Morgan fingerprint density at radius 1 is 1.19 bits per heavy atom. The van der Waals surface area contributed by atoms with E-state index in [-0.39, 0.29) is 29.0 Å². The maximum absolute atomic E-state index is 12.6. The van der Waals surface area contributed by atoms with E-state index in [1.54, 1.807) is 30.6 Å². The molecule has 1 unspecified atom stereocenters. The molecule has 0 spiro atoms. The Balaban J connectivity index is 1.38. The summed E-state index contributed by atoms with van der Waals surface area (Å²) < 4.78 is 13.0. The highest BCUT2D eigenvalue weighted by molar-refractivity contribution is 6.30. The first kappa shape index (κ1) is 22.3. The van der Waals surface area contributed by atoms with Crippen molar-refractivity contribution in [3.63, 3.8) is 0 Å². The van der Waals surface area contributed by atoms with Crippen LogP contribution in [0.3, 0.4) is 0 Å². The number of halogens is 1. The molecule has 1 fully saturated rings. The first-order chi connectivity index (χ1) is 15.3. The standard InChI is InChI=1S/C24H26ClN3O4/c1-17(2)28(30)12-10-23(15-28)32-21-7-5-20(6-8-21)27-11-9-22(13-24(27)29)31-16-19-4-3-18(25)14-26-19/h3-9,11,13-14,17,23H,10,12,15-16H2,1-2H3/t23-,28?/m1/s1. The van der Waals surface area contributed by atoms with E-state index in [1.807, 2.05) is 38.1 Å². The number of rotatable bonds is 7. The average molecular weight is 456 g/mol. The van der Waals surface area contributed by atoms with Gasteiger partial charge in [0.05, 0.1) is 23.3 Å². The van der Waals surface area contributed by atoms with Gasteiger partial charge in [0.2, 0.25) is 0 Å². The third-order valence-corrected chi connectivity index (χ3v) is 5.99. The topological polar surface area (TPSA) is 76.4 Å². The van der Waals surface area contributed by atoms with E-state index in [9.17, 15) is 10.0 Å². The molecule has 2 aromatic heterocycles. The number of pyridine rings is 2. The molecule has 168 valence electrons. The van der Waals surface area contributed by atoms with Crippen LogP contribution in [0.4, 0.5) is 0 Å². The van der Waals surface area contributed by atoms with Gasteiger partial charge in [-0.25, -0.2) is 0 Å². The lowest BCUT2D eigenvalue weighted by Gasteiger charge is -2.42. The molecule has 0 aliphatic carbocycles. The minimum absolute atomic E-state index is 0.0345. The van der Waals surface area contributed by atoms with Crippen molar-refractivity contribution in [3.05, 3.63) is 87.2 Å². The van der Waals surface area contributed by atoms with Gasteiger partial charge in [-0.05, 0) is 56.3 Å². The zero-order valence-corrected chi connectivity index (χ0v) is 18.9. The molecular formula is C24H26ClN3O4. The van der Waals surface area contributed by atoms with Crippen molar-refractivity contribution in [3.8, 4) is 17.2 Å². The second-order valence-electron chi connectivity index (χ2n) is 8.30. The molecule has 1 aliphatic heterocycles. The van der Waals surface area contributed by atoms with Gasteiger partial charge in [0, 0.05) is 30.6 Å². The van der Waals surface area contributed by atoms with Crippen LogP contribution in [-0.2, 0) is 6.61 Å². The molecule has 4 rings (SSSR count). The van der Waals surface area contributed by atoms with Crippen LogP contribution in [-0.4, -0.2) is 39.4 Å². The van der Waals surface area contributed by atoms with E-state index in [4.69, 9.17) is 21.1 Å². The number of quaternary nitrogens is 1. The van der Waals surface area contributed by atoms with Crippen LogP contribution in [0.5, 0.6) is 11.5 Å². The van der Waals surface area contributed by atoms with E-state index in [2.05, 4.69) is 4.98 Å². The lowest BCUT2D eigenvalue weighted by molar-refractivity contribution is -0.890. The van der Waals surface area contributed by atoms with Crippen molar-refractivity contribution < 1.29 is 14.1 Å². The molecule has 32 heavy (non-hydrogen) atoms. The summed E-state index contributed by atoms with van der Waals surface area (Å²) in [4.78, 5) is 16.7. The van der Waals surface area contributed by atoms with Crippen LogP contribution in [0.25, 0.3) is 5.69 Å². The lowest BCUT2D eigenvalue weighted by atomic mass is 10.2. The number of benzene rings is 1. The highest BCUT2D eigenvalue weighted by atomic mass is 35.5. The summed E-state index contributed by atoms with van der Waals surface area (Å²) in [5, 5.41) is 13.2. The van der Waals surface area contributed by atoms with E-state index >= 15 is 0 Å². The Labute approximate surface area is 192 Å². The van der Waals surface area contributed by atoms with Crippen molar-refractivity contribution >= 4 is 11.6 Å². The summed E-state index contributed by atoms with van der Waals surface area (Å²) in [5.41, 5.74) is 1.23.